The number of phenols is 2. The van der Waals surface area contributed by atoms with Crippen LogP contribution in [0.5, 0.6) is 11.5 Å². The maximum atomic E-state index is 13.8. The lowest BCUT2D eigenvalue weighted by Gasteiger charge is -2.51. The van der Waals surface area contributed by atoms with E-state index in [0.29, 0.717) is 29.7 Å². The molecule has 3 amide bonds. The number of amides is 3. The quantitative estimate of drug-likeness (QED) is 0.0490. The molecule has 0 bridgehead atoms. The highest BCUT2D eigenvalue weighted by molar-refractivity contribution is 8.00. The van der Waals surface area contributed by atoms with Gasteiger partial charge in [-0.15, -0.1) is 23.1 Å². The number of nitrogen functional groups attached to an aromatic ring is 1. The number of aromatic nitrogens is 1. The van der Waals surface area contributed by atoms with Gasteiger partial charge in [0.15, 0.2) is 33.8 Å². The van der Waals surface area contributed by atoms with E-state index in [4.69, 9.17) is 10.6 Å². The molecule has 2 aromatic rings. The summed E-state index contributed by atoms with van der Waals surface area (Å²) in [7, 11) is 0. The fourth-order valence-electron chi connectivity index (χ4n) is 5.90. The van der Waals surface area contributed by atoms with Gasteiger partial charge in [0.1, 0.15) is 23.7 Å². The second-order valence-corrected chi connectivity index (χ2v) is 14.5. The topological polar surface area (TPSA) is 260 Å². The van der Waals surface area contributed by atoms with Crippen LogP contribution in [-0.2, 0) is 24.0 Å². The third-order valence-corrected chi connectivity index (χ3v) is 10.6. The zero-order valence-electron chi connectivity index (χ0n) is 26.8. The number of likely N-dealkylation sites (tertiary alicyclic amines) is 1. The van der Waals surface area contributed by atoms with E-state index >= 15 is 0 Å². The largest absolute Gasteiger partial charge is 0.546 e. The van der Waals surface area contributed by atoms with Crippen molar-refractivity contribution in [3.05, 3.63) is 45.9 Å². The first kappa shape index (κ1) is 36.3. The molecule has 0 radical (unpaired) electrons. The number of benzene rings is 1. The lowest BCUT2D eigenvalue weighted by molar-refractivity contribution is -0.911. The molecule has 50 heavy (non-hydrogen) atoms. The molecule has 0 aliphatic carbocycles. The van der Waals surface area contributed by atoms with Crippen LogP contribution in [0.3, 0.4) is 0 Å². The number of thiazole rings is 1. The molecule has 1 aromatic carbocycles. The lowest BCUT2D eigenvalue weighted by atomic mass is 10.0. The summed E-state index contributed by atoms with van der Waals surface area (Å²) in [5, 5.41) is 52.5. The van der Waals surface area contributed by atoms with Gasteiger partial charge >= 0.3 is 0 Å². The molecule has 0 saturated carbocycles. The molecule has 20 heteroatoms. The molecule has 268 valence electrons. The number of nitrogens with two attached hydrogens (primary N) is 1. The molecule has 2 fully saturated rings. The van der Waals surface area contributed by atoms with E-state index in [1.165, 1.54) is 17.1 Å². The maximum absolute atomic E-state index is 13.8. The summed E-state index contributed by atoms with van der Waals surface area (Å²) in [6.45, 7) is 4.38. The van der Waals surface area contributed by atoms with Crippen LogP contribution in [0.2, 0.25) is 0 Å². The van der Waals surface area contributed by atoms with Gasteiger partial charge in [-0.1, -0.05) is 5.16 Å². The molecule has 3 aliphatic rings. The Morgan fingerprint density at radius 1 is 1.22 bits per heavy atom. The molecule has 0 unspecified atom stereocenters. The Labute approximate surface area is 292 Å². The van der Waals surface area contributed by atoms with E-state index in [-0.39, 0.29) is 40.9 Å². The van der Waals surface area contributed by atoms with Crippen LogP contribution >= 0.6 is 23.1 Å². The molecule has 2 saturated heterocycles. The molecule has 2 atom stereocenters. The monoisotopic (exact) mass is 734 g/mol. The molecule has 6 N–H and O–H groups in total. The zero-order chi connectivity index (χ0) is 36.5. The number of carboxylic acids is 2. The second kappa shape index (κ2) is 14.1. The zero-order valence-corrected chi connectivity index (χ0v) is 28.4. The molecular formula is C30H33FN7O10S2-. The number of aliphatic carboxylic acids is 2. The maximum Gasteiger partial charge on any atom is 0.276 e. The number of carbonyl (C=O) groups excluding carboxylic acids is 5. The van der Waals surface area contributed by atoms with Crippen molar-refractivity contribution >= 4 is 63.6 Å². The normalized spacial score (nSPS) is 20.2. The number of oxime groups is 1. The van der Waals surface area contributed by atoms with E-state index in [1.54, 1.807) is 0 Å². The number of fused-ring (bicyclic) bond motifs is 1. The summed E-state index contributed by atoms with van der Waals surface area (Å²) < 4.78 is 14.2. The SMILES string of the molecule is CC(C)(O/N=C(\C(=O)N[C@@H]1C(=O)N2C(C(=O)[O-])=C(C[N+]3(CCNC(=O)c4cc(O)c(O)c(F)c4)CCCC3)CS[C@H]12)c1csc(N)n1)C(=O)[O-]. The predicted molar refractivity (Wildman–Crippen MR) is 171 cm³/mol. The first-order valence-electron chi connectivity index (χ1n) is 15.3. The number of β-lactam (4-membered cyclic amide) rings is 1. The predicted octanol–water partition coefficient (Wildman–Crippen LogP) is -2.03. The highest BCUT2D eigenvalue weighted by Gasteiger charge is 2.54. The molecule has 1 aromatic heterocycles. The summed E-state index contributed by atoms with van der Waals surface area (Å²) >= 11 is 2.21. The third kappa shape index (κ3) is 7.31. The average Bonchev–Trinajstić information content (AvgIpc) is 3.70. The minimum Gasteiger partial charge on any atom is -0.546 e. The van der Waals surface area contributed by atoms with E-state index in [0.717, 1.165) is 55.1 Å². The summed E-state index contributed by atoms with van der Waals surface area (Å²) in [6.07, 6.45) is 1.67. The van der Waals surface area contributed by atoms with Gasteiger partial charge in [0.25, 0.3) is 17.7 Å². The lowest BCUT2D eigenvalue weighted by Crippen LogP contribution is -2.72. The van der Waals surface area contributed by atoms with Crippen LogP contribution in [0.4, 0.5) is 9.52 Å². The molecule has 5 rings (SSSR count). The summed E-state index contributed by atoms with van der Waals surface area (Å²) in [5.74, 6) is -8.22. The van der Waals surface area contributed by atoms with Gasteiger partial charge in [0.05, 0.1) is 43.8 Å². The first-order valence-corrected chi connectivity index (χ1v) is 17.2. The Balaban J connectivity index is 1.29. The Hall–Kier alpha value is -4.95. The number of aromatic hydroxyl groups is 2. The number of thioether (sulfide) groups is 1. The first-order chi connectivity index (χ1) is 23.5. The van der Waals surface area contributed by atoms with Gasteiger partial charge in [-0.05, 0) is 26.0 Å². The molecule has 17 nitrogen and oxygen atoms in total. The number of halogens is 1. The highest BCUT2D eigenvalue weighted by Crippen LogP contribution is 2.41. The number of carboxylic acid groups (broad SMARTS) is 2. The Bertz CT molecular complexity index is 1780. The van der Waals surface area contributed by atoms with Crippen molar-refractivity contribution in [3.8, 4) is 11.5 Å². The Morgan fingerprint density at radius 2 is 1.92 bits per heavy atom. The van der Waals surface area contributed by atoms with Crippen molar-refractivity contribution in [1.82, 2.24) is 20.5 Å². The number of nitrogens with one attached hydrogen (secondary N) is 2. The standard InChI is InChI=1S/C30H34FN7O10S2/c1-30(2,28(46)47)48-36-19(17-13-50-29(32)34-17)24(42)35-20-25(43)37-21(27(44)45)15(12-49-26(20)37)11-38(6-3-4-7-38)8-5-33-23(41)14-9-16(31)22(40)18(39)10-14/h9-10,13,20,26H,3-8,11-12H2,1-2H3,(H7-,32,33,34,35,36,39,40,41,42,44,45,46,47)/p-1/t20-,26-/m1/s1. The van der Waals surface area contributed by atoms with Gasteiger partial charge in [-0.25, -0.2) is 9.37 Å². The highest BCUT2D eigenvalue weighted by atomic mass is 32.2. The minimum absolute atomic E-state index is 0.0409. The number of hydrogen-bond acceptors (Lipinski definition) is 15. The number of hydrogen-bond donors (Lipinski definition) is 5. The molecule has 0 spiro atoms. The van der Waals surface area contributed by atoms with Gasteiger partial charge in [-0.2, -0.15) is 0 Å². The number of carbonyl (C=O) groups is 5. The molecular weight excluding hydrogens is 702 g/mol. The molecule has 3 aliphatic heterocycles. The van der Waals surface area contributed by atoms with Crippen molar-refractivity contribution in [3.63, 3.8) is 0 Å². The van der Waals surface area contributed by atoms with E-state index in [9.17, 15) is 48.8 Å². The van der Waals surface area contributed by atoms with Crippen LogP contribution in [0, 0.1) is 5.82 Å². The van der Waals surface area contributed by atoms with Gasteiger partial charge in [0.2, 0.25) is 0 Å². The van der Waals surface area contributed by atoms with Crippen LogP contribution in [0.25, 0.3) is 0 Å². The fraction of sp³-hybridized carbons (Fsp3) is 0.433. The third-order valence-electron chi connectivity index (χ3n) is 8.58. The van der Waals surface area contributed by atoms with Crippen molar-refractivity contribution in [1.29, 1.82) is 0 Å². The van der Waals surface area contributed by atoms with Crippen molar-refractivity contribution < 1.29 is 58.1 Å². The summed E-state index contributed by atoms with van der Waals surface area (Å²) in [6, 6.07) is 0.563. The number of anilines is 1. The van der Waals surface area contributed by atoms with Crippen LogP contribution < -0.4 is 26.6 Å². The van der Waals surface area contributed by atoms with Crippen molar-refractivity contribution in [2.45, 2.75) is 43.7 Å². The van der Waals surface area contributed by atoms with Gasteiger partial charge in [0, 0.05) is 35.1 Å². The number of nitrogens with zero attached hydrogens (tertiary/aromatic N) is 4. The number of phenolic OH excluding ortho intramolecular Hbond substituents is 2. The number of rotatable bonds is 13. The Morgan fingerprint density at radius 3 is 2.52 bits per heavy atom. The summed E-state index contributed by atoms with van der Waals surface area (Å²) in [5.41, 5.74) is 3.23. The fourth-order valence-corrected chi connectivity index (χ4v) is 7.78. The minimum atomic E-state index is -1.92. The summed E-state index contributed by atoms with van der Waals surface area (Å²) in [4.78, 5) is 73.4. The smallest absolute Gasteiger partial charge is 0.276 e. The Kier molecular flexibility index (Phi) is 10.3. The average molecular weight is 735 g/mol. The van der Waals surface area contributed by atoms with Crippen LogP contribution in [0.1, 0.15) is 42.7 Å². The number of quaternary nitrogens is 1. The van der Waals surface area contributed by atoms with Crippen molar-refractivity contribution in [2.24, 2.45) is 5.16 Å². The van der Waals surface area contributed by atoms with Gasteiger partial charge in [-0.3, -0.25) is 19.3 Å². The van der Waals surface area contributed by atoms with Gasteiger partial charge < -0.3 is 55.7 Å². The van der Waals surface area contributed by atoms with Crippen molar-refractivity contribution in [2.75, 3.05) is 44.2 Å². The van der Waals surface area contributed by atoms with E-state index in [1.807, 2.05) is 0 Å². The van der Waals surface area contributed by atoms with Crippen LogP contribution in [0.15, 0.2) is 33.9 Å². The van der Waals surface area contributed by atoms with Crippen LogP contribution in [-0.4, -0.2) is 115 Å². The second-order valence-electron chi connectivity index (χ2n) is 12.5. The van der Waals surface area contributed by atoms with E-state index < -0.39 is 69.7 Å². The molecule has 4 heterocycles. The van der Waals surface area contributed by atoms with E-state index in [2.05, 4.69) is 20.8 Å².